The summed E-state index contributed by atoms with van der Waals surface area (Å²) >= 11 is 0. The second kappa shape index (κ2) is 6.12. The molecule has 3 N–H and O–H groups in total. The Morgan fingerprint density at radius 1 is 1.00 bits per heavy atom. The molecule has 0 aliphatic carbocycles. The molecular weight excluding hydrogens is 260 g/mol. The first-order valence-electron chi connectivity index (χ1n) is 7.40. The smallest absolute Gasteiger partial charge is 0.139 e. The van der Waals surface area contributed by atoms with E-state index in [1.165, 1.54) is 5.56 Å². The Morgan fingerprint density at radius 2 is 1.67 bits per heavy atom. The fraction of sp³-hybridized carbons (Fsp3) is 0.412. The quantitative estimate of drug-likeness (QED) is 0.875. The number of nitrogens with zero attached hydrogens (tertiary/aromatic N) is 2. The number of rotatable bonds is 4. The molecule has 1 aromatic heterocycles. The summed E-state index contributed by atoms with van der Waals surface area (Å²) in [4.78, 5) is 8.98. The van der Waals surface area contributed by atoms with Crippen LogP contribution >= 0.6 is 0 Å². The van der Waals surface area contributed by atoms with Crippen molar-refractivity contribution in [3.8, 4) is 0 Å². The van der Waals surface area contributed by atoms with Crippen LogP contribution < -0.4 is 11.1 Å². The first-order valence-corrected chi connectivity index (χ1v) is 7.40. The predicted octanol–water partition coefficient (Wildman–Crippen LogP) is 4.36. The fourth-order valence-electron chi connectivity index (χ4n) is 2.17. The highest BCUT2D eigenvalue weighted by Crippen LogP contribution is 2.29. The van der Waals surface area contributed by atoms with Crippen LogP contribution in [-0.2, 0) is 0 Å². The monoisotopic (exact) mass is 284 g/mol. The van der Waals surface area contributed by atoms with Crippen LogP contribution in [0, 0.1) is 6.92 Å². The molecule has 112 valence electrons. The molecular formula is C17H24N4. The third-order valence-electron chi connectivity index (χ3n) is 3.55. The number of benzene rings is 1. The van der Waals surface area contributed by atoms with Crippen molar-refractivity contribution in [1.82, 2.24) is 9.97 Å². The van der Waals surface area contributed by atoms with Gasteiger partial charge in [-0.05, 0) is 24.5 Å². The van der Waals surface area contributed by atoms with Crippen LogP contribution in [0.1, 0.15) is 56.5 Å². The highest BCUT2D eigenvalue weighted by atomic mass is 15.1. The Balaban J connectivity index is 2.44. The lowest BCUT2D eigenvalue weighted by Crippen LogP contribution is -2.09. The Morgan fingerprint density at radius 3 is 2.29 bits per heavy atom. The van der Waals surface area contributed by atoms with Crippen molar-refractivity contribution in [2.24, 2.45) is 0 Å². The van der Waals surface area contributed by atoms with E-state index in [9.17, 15) is 0 Å². The third kappa shape index (κ3) is 3.32. The second-order valence-electron chi connectivity index (χ2n) is 5.96. The van der Waals surface area contributed by atoms with Gasteiger partial charge in [-0.2, -0.15) is 0 Å². The number of anilines is 3. The van der Waals surface area contributed by atoms with Gasteiger partial charge in [0.15, 0.2) is 0 Å². The van der Waals surface area contributed by atoms with Gasteiger partial charge in [0, 0.05) is 17.2 Å². The van der Waals surface area contributed by atoms with E-state index in [1.807, 2.05) is 13.0 Å². The van der Waals surface area contributed by atoms with E-state index in [0.717, 1.165) is 22.9 Å². The van der Waals surface area contributed by atoms with E-state index in [4.69, 9.17) is 5.73 Å². The molecule has 2 rings (SSSR count). The fourth-order valence-corrected chi connectivity index (χ4v) is 2.17. The van der Waals surface area contributed by atoms with Crippen LogP contribution in [0.5, 0.6) is 0 Å². The summed E-state index contributed by atoms with van der Waals surface area (Å²) in [5.74, 6) is 2.78. The zero-order valence-electron chi connectivity index (χ0n) is 13.4. The van der Waals surface area contributed by atoms with Gasteiger partial charge in [-0.25, -0.2) is 9.97 Å². The summed E-state index contributed by atoms with van der Waals surface area (Å²) in [6, 6.07) is 8.29. The molecule has 0 unspecified atom stereocenters. The summed E-state index contributed by atoms with van der Waals surface area (Å²) in [6.07, 6.45) is 0. The molecule has 21 heavy (non-hydrogen) atoms. The number of hydrogen-bond acceptors (Lipinski definition) is 4. The molecule has 0 aliphatic rings. The normalized spacial score (nSPS) is 11.2. The Bertz CT molecular complexity index is 633. The topological polar surface area (TPSA) is 63.8 Å². The molecule has 0 bridgehead atoms. The van der Waals surface area contributed by atoms with Crippen molar-refractivity contribution < 1.29 is 0 Å². The summed E-state index contributed by atoms with van der Waals surface area (Å²) in [6.45, 7) is 10.4. The second-order valence-corrected chi connectivity index (χ2v) is 5.96. The van der Waals surface area contributed by atoms with Crippen LogP contribution in [0.25, 0.3) is 0 Å². The number of para-hydroxylation sites is 1. The van der Waals surface area contributed by atoms with Gasteiger partial charge >= 0.3 is 0 Å². The van der Waals surface area contributed by atoms with Gasteiger partial charge in [-0.1, -0.05) is 45.9 Å². The number of nitrogens with one attached hydrogen (secondary N) is 1. The molecule has 4 heteroatoms. The average Bonchev–Trinajstić information content (AvgIpc) is 2.43. The largest absolute Gasteiger partial charge is 0.383 e. The molecule has 1 heterocycles. The third-order valence-corrected chi connectivity index (χ3v) is 3.55. The van der Waals surface area contributed by atoms with Gasteiger partial charge < -0.3 is 11.1 Å². The summed E-state index contributed by atoms with van der Waals surface area (Å²) in [7, 11) is 0. The molecule has 2 aromatic rings. The number of nitrogen functional groups attached to an aromatic ring is 1. The molecule has 4 nitrogen and oxygen atoms in total. The summed E-state index contributed by atoms with van der Waals surface area (Å²) < 4.78 is 0. The van der Waals surface area contributed by atoms with E-state index in [2.05, 4.69) is 61.2 Å². The van der Waals surface area contributed by atoms with Gasteiger partial charge in [-0.15, -0.1) is 0 Å². The SMILES string of the molecule is Cc1c(N)nc(C(C)C)nc1Nc1ccccc1C(C)C. The molecule has 0 amide bonds. The Hall–Kier alpha value is -2.10. The maximum absolute atomic E-state index is 6.02. The predicted molar refractivity (Wildman–Crippen MR) is 89.1 cm³/mol. The Labute approximate surface area is 126 Å². The van der Waals surface area contributed by atoms with Gasteiger partial charge in [0.2, 0.25) is 0 Å². The molecule has 0 fully saturated rings. The van der Waals surface area contributed by atoms with Crippen LogP contribution in [0.15, 0.2) is 24.3 Å². The van der Waals surface area contributed by atoms with Crippen molar-refractivity contribution >= 4 is 17.3 Å². The van der Waals surface area contributed by atoms with Gasteiger partial charge in [0.25, 0.3) is 0 Å². The zero-order valence-corrected chi connectivity index (χ0v) is 13.4. The lowest BCUT2D eigenvalue weighted by molar-refractivity contribution is 0.776. The lowest BCUT2D eigenvalue weighted by Gasteiger charge is -2.17. The van der Waals surface area contributed by atoms with Crippen LogP contribution in [-0.4, -0.2) is 9.97 Å². The van der Waals surface area contributed by atoms with Crippen LogP contribution in [0.3, 0.4) is 0 Å². The maximum atomic E-state index is 6.02. The molecule has 1 aromatic carbocycles. The van der Waals surface area contributed by atoms with Crippen molar-refractivity contribution in [1.29, 1.82) is 0 Å². The summed E-state index contributed by atoms with van der Waals surface area (Å²) in [5.41, 5.74) is 9.24. The zero-order chi connectivity index (χ0) is 15.6. The van der Waals surface area contributed by atoms with E-state index in [0.29, 0.717) is 11.7 Å². The molecule has 0 saturated carbocycles. The highest BCUT2D eigenvalue weighted by molar-refractivity contribution is 5.66. The standard InChI is InChI=1S/C17H24N4/c1-10(2)13-8-6-7-9-14(13)19-17-12(5)15(18)20-16(21-17)11(3)4/h6-11H,1-5H3,(H3,18,19,20,21). The summed E-state index contributed by atoms with van der Waals surface area (Å²) in [5, 5.41) is 3.43. The van der Waals surface area contributed by atoms with Crippen LogP contribution in [0.2, 0.25) is 0 Å². The van der Waals surface area contributed by atoms with E-state index in [-0.39, 0.29) is 5.92 Å². The minimum Gasteiger partial charge on any atom is -0.383 e. The minimum absolute atomic E-state index is 0.244. The average molecular weight is 284 g/mol. The van der Waals surface area contributed by atoms with Crippen molar-refractivity contribution in [2.45, 2.75) is 46.5 Å². The number of nitrogens with two attached hydrogens (primary N) is 1. The first kappa shape index (κ1) is 15.3. The van der Waals surface area contributed by atoms with E-state index in [1.54, 1.807) is 0 Å². The number of hydrogen-bond donors (Lipinski definition) is 2. The van der Waals surface area contributed by atoms with Crippen molar-refractivity contribution in [2.75, 3.05) is 11.1 Å². The molecule has 0 spiro atoms. The molecule has 0 aliphatic heterocycles. The van der Waals surface area contributed by atoms with Gasteiger partial charge in [-0.3, -0.25) is 0 Å². The highest BCUT2D eigenvalue weighted by Gasteiger charge is 2.13. The maximum Gasteiger partial charge on any atom is 0.139 e. The van der Waals surface area contributed by atoms with Crippen molar-refractivity contribution in [3.05, 3.63) is 41.2 Å². The molecule has 0 atom stereocenters. The number of aromatic nitrogens is 2. The molecule has 0 radical (unpaired) electrons. The van der Waals surface area contributed by atoms with Gasteiger partial charge in [0.1, 0.15) is 17.5 Å². The lowest BCUT2D eigenvalue weighted by atomic mass is 10.0. The van der Waals surface area contributed by atoms with E-state index >= 15 is 0 Å². The Kier molecular flexibility index (Phi) is 4.46. The molecule has 0 saturated heterocycles. The first-order chi connectivity index (χ1) is 9.90. The van der Waals surface area contributed by atoms with Crippen molar-refractivity contribution in [3.63, 3.8) is 0 Å². The minimum atomic E-state index is 0.244. The van der Waals surface area contributed by atoms with Crippen LogP contribution in [0.4, 0.5) is 17.3 Å². The van der Waals surface area contributed by atoms with E-state index < -0.39 is 0 Å². The van der Waals surface area contributed by atoms with Gasteiger partial charge in [0.05, 0.1) is 0 Å².